The van der Waals surface area contributed by atoms with E-state index in [9.17, 15) is 19.6 Å². The first-order valence-corrected chi connectivity index (χ1v) is 10.0. The molecule has 0 bridgehead atoms. The molecule has 8 heteroatoms. The number of nitrogens with zero attached hydrogens (tertiary/aromatic N) is 3. The van der Waals surface area contributed by atoms with Gasteiger partial charge in [-0.2, -0.15) is 5.26 Å². The van der Waals surface area contributed by atoms with Crippen LogP contribution in [0.1, 0.15) is 44.0 Å². The minimum atomic E-state index is -0.350. The SMILES string of the molecule is Cc1nc(-c2ccc(C#N)cc2NC(=O)C2CC2)cc(=O)n1CC(=O)NC1(C)CC1. The van der Waals surface area contributed by atoms with Gasteiger partial charge in [0, 0.05) is 23.1 Å². The average Bonchev–Trinajstić information content (AvgIpc) is 3.61. The molecule has 30 heavy (non-hydrogen) atoms. The van der Waals surface area contributed by atoms with Gasteiger partial charge in [-0.15, -0.1) is 0 Å². The van der Waals surface area contributed by atoms with E-state index in [0.717, 1.165) is 25.7 Å². The summed E-state index contributed by atoms with van der Waals surface area (Å²) in [4.78, 5) is 41.8. The van der Waals surface area contributed by atoms with Crippen molar-refractivity contribution in [2.24, 2.45) is 5.92 Å². The Morgan fingerprint density at radius 3 is 2.63 bits per heavy atom. The second kappa shape index (κ2) is 7.41. The zero-order valence-electron chi connectivity index (χ0n) is 17.0. The highest BCUT2D eigenvalue weighted by molar-refractivity contribution is 5.97. The van der Waals surface area contributed by atoms with E-state index in [1.807, 2.05) is 6.92 Å². The van der Waals surface area contributed by atoms with E-state index in [-0.39, 0.29) is 35.4 Å². The average molecular weight is 405 g/mol. The fourth-order valence-corrected chi connectivity index (χ4v) is 3.30. The second-order valence-electron chi connectivity index (χ2n) is 8.36. The van der Waals surface area contributed by atoms with Gasteiger partial charge >= 0.3 is 0 Å². The van der Waals surface area contributed by atoms with Crippen LogP contribution < -0.4 is 16.2 Å². The molecule has 2 aliphatic rings. The van der Waals surface area contributed by atoms with Crippen LogP contribution in [0.2, 0.25) is 0 Å². The summed E-state index contributed by atoms with van der Waals surface area (Å²) < 4.78 is 1.33. The molecule has 8 nitrogen and oxygen atoms in total. The van der Waals surface area contributed by atoms with Crippen LogP contribution in [0.25, 0.3) is 11.3 Å². The molecule has 0 unspecified atom stereocenters. The van der Waals surface area contributed by atoms with E-state index in [1.54, 1.807) is 25.1 Å². The Labute approximate surface area is 173 Å². The number of anilines is 1. The highest BCUT2D eigenvalue weighted by Crippen LogP contribution is 2.34. The van der Waals surface area contributed by atoms with Gasteiger partial charge in [0.2, 0.25) is 11.8 Å². The fraction of sp³-hybridized carbons (Fsp3) is 0.409. The Morgan fingerprint density at radius 1 is 1.30 bits per heavy atom. The lowest BCUT2D eigenvalue weighted by molar-refractivity contribution is -0.122. The van der Waals surface area contributed by atoms with Gasteiger partial charge in [-0.3, -0.25) is 19.0 Å². The second-order valence-corrected chi connectivity index (χ2v) is 8.36. The molecule has 0 radical (unpaired) electrons. The highest BCUT2D eigenvalue weighted by Gasteiger charge is 2.38. The van der Waals surface area contributed by atoms with Gasteiger partial charge in [-0.05, 0) is 57.7 Å². The van der Waals surface area contributed by atoms with Gasteiger partial charge in [0.25, 0.3) is 5.56 Å². The van der Waals surface area contributed by atoms with Crippen molar-refractivity contribution in [1.29, 1.82) is 5.26 Å². The normalized spacial score (nSPS) is 16.4. The summed E-state index contributed by atoms with van der Waals surface area (Å²) in [5, 5.41) is 15.0. The van der Waals surface area contributed by atoms with Crippen LogP contribution in [0.4, 0.5) is 5.69 Å². The van der Waals surface area contributed by atoms with E-state index < -0.39 is 0 Å². The summed E-state index contributed by atoms with van der Waals surface area (Å²) in [5.74, 6) is 0.0858. The maximum absolute atomic E-state index is 12.7. The van der Waals surface area contributed by atoms with Crippen molar-refractivity contribution in [3.63, 3.8) is 0 Å². The number of carbonyl (C=O) groups excluding carboxylic acids is 2. The van der Waals surface area contributed by atoms with Crippen molar-refractivity contribution in [2.75, 3.05) is 5.32 Å². The van der Waals surface area contributed by atoms with Crippen LogP contribution in [-0.2, 0) is 16.1 Å². The molecule has 0 saturated heterocycles. The van der Waals surface area contributed by atoms with Gasteiger partial charge in [0.05, 0.1) is 23.0 Å². The molecular weight excluding hydrogens is 382 g/mol. The lowest BCUT2D eigenvalue weighted by atomic mass is 10.1. The van der Waals surface area contributed by atoms with E-state index in [2.05, 4.69) is 21.7 Å². The third-order valence-electron chi connectivity index (χ3n) is 5.57. The molecule has 2 aliphatic carbocycles. The van der Waals surface area contributed by atoms with Crippen LogP contribution in [0, 0.1) is 24.2 Å². The molecule has 0 aliphatic heterocycles. The number of rotatable bonds is 6. The van der Waals surface area contributed by atoms with E-state index in [4.69, 9.17) is 0 Å². The number of aromatic nitrogens is 2. The van der Waals surface area contributed by atoms with Crippen molar-refractivity contribution in [2.45, 2.75) is 51.6 Å². The predicted octanol–water partition coefficient (Wildman–Crippen LogP) is 2.11. The first-order chi connectivity index (χ1) is 14.3. The number of nitriles is 1. The highest BCUT2D eigenvalue weighted by atomic mass is 16.2. The first kappa shape index (κ1) is 19.8. The standard InChI is InChI=1S/C22H23N5O3/c1-13-24-18(10-20(29)27(13)12-19(28)26-22(2)7-8-22)16-6-3-14(11-23)9-17(16)25-21(30)15-4-5-15/h3,6,9-10,15H,4-5,7-8,12H2,1-2H3,(H,25,30)(H,26,28). The summed E-state index contributed by atoms with van der Waals surface area (Å²) in [7, 11) is 0. The molecule has 1 aromatic carbocycles. The topological polar surface area (TPSA) is 117 Å². The van der Waals surface area contributed by atoms with Crippen LogP contribution in [0.3, 0.4) is 0 Å². The van der Waals surface area contributed by atoms with Crippen molar-refractivity contribution >= 4 is 17.5 Å². The zero-order valence-corrected chi connectivity index (χ0v) is 17.0. The summed E-state index contributed by atoms with van der Waals surface area (Å²) in [6.45, 7) is 3.56. The number of amides is 2. The largest absolute Gasteiger partial charge is 0.349 e. The summed E-state index contributed by atoms with van der Waals surface area (Å²) in [6, 6.07) is 8.29. The quantitative estimate of drug-likeness (QED) is 0.763. The van der Waals surface area contributed by atoms with Gasteiger partial charge in [-0.1, -0.05) is 0 Å². The third kappa shape index (κ3) is 4.25. The number of hydrogen-bond acceptors (Lipinski definition) is 5. The molecule has 2 amide bonds. The minimum Gasteiger partial charge on any atom is -0.349 e. The first-order valence-electron chi connectivity index (χ1n) is 10.0. The van der Waals surface area contributed by atoms with Gasteiger partial charge in [0.15, 0.2) is 0 Å². The van der Waals surface area contributed by atoms with Crippen molar-refractivity contribution in [1.82, 2.24) is 14.9 Å². The number of hydrogen-bond donors (Lipinski definition) is 2. The molecule has 2 N–H and O–H groups in total. The molecule has 4 rings (SSSR count). The zero-order chi connectivity index (χ0) is 21.5. The van der Waals surface area contributed by atoms with Crippen LogP contribution >= 0.6 is 0 Å². The maximum atomic E-state index is 12.7. The molecule has 0 atom stereocenters. The van der Waals surface area contributed by atoms with E-state index in [1.165, 1.54) is 10.6 Å². The molecule has 1 heterocycles. The number of aryl methyl sites for hydroxylation is 1. The Balaban J connectivity index is 1.63. The minimum absolute atomic E-state index is 0.00173. The van der Waals surface area contributed by atoms with Gasteiger partial charge < -0.3 is 10.6 Å². The summed E-state index contributed by atoms with van der Waals surface area (Å²) in [6.07, 6.45) is 3.59. The summed E-state index contributed by atoms with van der Waals surface area (Å²) in [5.41, 5.74) is 1.30. The molecule has 1 aromatic heterocycles. The Kier molecular flexibility index (Phi) is 4.90. The van der Waals surface area contributed by atoms with Gasteiger partial charge in [0.1, 0.15) is 12.4 Å². The number of nitrogens with one attached hydrogen (secondary N) is 2. The van der Waals surface area contributed by atoms with Crippen molar-refractivity contribution in [3.8, 4) is 17.3 Å². The van der Waals surface area contributed by atoms with Crippen LogP contribution in [0.15, 0.2) is 29.1 Å². The Morgan fingerprint density at radius 2 is 2.03 bits per heavy atom. The van der Waals surface area contributed by atoms with E-state index in [0.29, 0.717) is 28.3 Å². The lowest BCUT2D eigenvalue weighted by Gasteiger charge is -2.15. The Bertz CT molecular complexity index is 1140. The van der Waals surface area contributed by atoms with Crippen molar-refractivity contribution < 1.29 is 9.59 Å². The molecule has 2 aromatic rings. The number of carbonyl (C=O) groups is 2. The Hall–Kier alpha value is -3.47. The van der Waals surface area contributed by atoms with Gasteiger partial charge in [-0.25, -0.2) is 4.98 Å². The molecule has 154 valence electrons. The molecule has 2 saturated carbocycles. The smallest absolute Gasteiger partial charge is 0.254 e. The third-order valence-corrected chi connectivity index (χ3v) is 5.57. The maximum Gasteiger partial charge on any atom is 0.254 e. The molecule has 0 spiro atoms. The fourth-order valence-electron chi connectivity index (χ4n) is 3.30. The summed E-state index contributed by atoms with van der Waals surface area (Å²) >= 11 is 0. The molecular formula is C22H23N5O3. The predicted molar refractivity (Wildman–Crippen MR) is 111 cm³/mol. The van der Waals surface area contributed by atoms with E-state index >= 15 is 0 Å². The molecule has 2 fully saturated rings. The van der Waals surface area contributed by atoms with Crippen molar-refractivity contribution in [3.05, 3.63) is 46.0 Å². The monoisotopic (exact) mass is 405 g/mol. The van der Waals surface area contributed by atoms with Crippen LogP contribution in [0.5, 0.6) is 0 Å². The number of benzene rings is 1. The lowest BCUT2D eigenvalue weighted by Crippen LogP contribution is -2.39. The van der Waals surface area contributed by atoms with Crippen LogP contribution in [-0.4, -0.2) is 26.9 Å².